The van der Waals surface area contributed by atoms with Crippen LogP contribution in [0.1, 0.15) is 41.9 Å². The summed E-state index contributed by atoms with van der Waals surface area (Å²) < 4.78 is 39.4. The van der Waals surface area contributed by atoms with E-state index in [0.29, 0.717) is 5.56 Å². The van der Waals surface area contributed by atoms with Gasteiger partial charge in [-0.25, -0.2) is 13.9 Å². The van der Waals surface area contributed by atoms with E-state index in [-0.39, 0.29) is 60.5 Å². The van der Waals surface area contributed by atoms with E-state index in [9.17, 15) is 32.6 Å². The van der Waals surface area contributed by atoms with Crippen LogP contribution in [0.5, 0.6) is 0 Å². The van der Waals surface area contributed by atoms with E-state index in [2.05, 4.69) is 5.32 Å². The van der Waals surface area contributed by atoms with Crippen LogP contribution in [0.4, 0.5) is 0 Å². The smallest absolute Gasteiger partial charge is 0.744 e. The van der Waals surface area contributed by atoms with Gasteiger partial charge < -0.3 is 14.3 Å². The number of hydroxylamine groups is 1. The molecule has 2 amide bonds. The summed E-state index contributed by atoms with van der Waals surface area (Å²) >= 11 is 0. The number of carbonyl (C=O) groups is 3. The molecule has 0 spiro atoms. The van der Waals surface area contributed by atoms with Crippen LogP contribution in [-0.2, 0) is 32.5 Å². The summed E-state index contributed by atoms with van der Waals surface area (Å²) in [6, 6.07) is 20.3. The standard InChI is InChI=1S/C32H34N2O8S.Na/c1-20(2)17-26(27(32(37)34-38)19-23-9-5-8-22-7-3-4-10-25(22)23)31(36)33-28(30(35)29-11-6-16-42-29)18-21-12-14-24(15-13-21)43(39,40)41;/h3-16,20,26-28,38H,17-19H2,1-2H3,(H,33,36)(H,34,37)(H,39,40,41);/q;+1/p-1/t26-,27?,28+;/m1./s1. The summed E-state index contributed by atoms with van der Waals surface area (Å²) in [7, 11) is -4.66. The number of ketones is 1. The van der Waals surface area contributed by atoms with E-state index in [1.165, 1.54) is 30.5 Å². The molecule has 10 nitrogen and oxygen atoms in total. The van der Waals surface area contributed by atoms with Crippen LogP contribution in [0.25, 0.3) is 10.8 Å². The first kappa shape index (κ1) is 35.2. The van der Waals surface area contributed by atoms with Crippen molar-refractivity contribution < 1.29 is 66.5 Å². The van der Waals surface area contributed by atoms with Crippen LogP contribution in [0.2, 0.25) is 0 Å². The predicted octanol–water partition coefficient (Wildman–Crippen LogP) is 1.28. The maximum atomic E-state index is 14.0. The number of amides is 2. The van der Waals surface area contributed by atoms with Crippen LogP contribution >= 0.6 is 0 Å². The number of furan rings is 1. The van der Waals surface area contributed by atoms with Gasteiger partial charge in [0.1, 0.15) is 10.1 Å². The van der Waals surface area contributed by atoms with Crippen molar-refractivity contribution in [3.63, 3.8) is 0 Å². The molecule has 226 valence electrons. The van der Waals surface area contributed by atoms with E-state index in [1.54, 1.807) is 5.48 Å². The van der Waals surface area contributed by atoms with Gasteiger partial charge in [0.05, 0.1) is 29.0 Å². The molecule has 4 rings (SSSR count). The first-order valence-electron chi connectivity index (χ1n) is 13.8. The number of hydrogen-bond donors (Lipinski definition) is 3. The summed E-state index contributed by atoms with van der Waals surface area (Å²) in [5.74, 6) is -3.73. The third-order valence-electron chi connectivity index (χ3n) is 7.36. The zero-order valence-electron chi connectivity index (χ0n) is 24.7. The fourth-order valence-corrected chi connectivity index (χ4v) is 5.75. The number of hydrogen-bond acceptors (Lipinski definition) is 8. The monoisotopic (exact) mass is 628 g/mol. The van der Waals surface area contributed by atoms with Crippen LogP contribution in [0.3, 0.4) is 0 Å². The number of benzene rings is 3. The summed E-state index contributed by atoms with van der Waals surface area (Å²) in [5, 5.41) is 14.3. The van der Waals surface area contributed by atoms with Gasteiger partial charge in [0.15, 0.2) is 5.76 Å². The quantitative estimate of drug-likeness (QED) is 0.0655. The zero-order valence-corrected chi connectivity index (χ0v) is 27.5. The van der Waals surface area contributed by atoms with Gasteiger partial charge in [0.25, 0.3) is 0 Å². The van der Waals surface area contributed by atoms with Crippen molar-refractivity contribution in [1.29, 1.82) is 0 Å². The normalized spacial score (nSPS) is 13.5. The van der Waals surface area contributed by atoms with E-state index in [4.69, 9.17) is 4.42 Å². The topological polar surface area (TPSA) is 166 Å². The van der Waals surface area contributed by atoms with E-state index >= 15 is 0 Å². The molecule has 0 aliphatic carbocycles. The Hall–Kier alpha value is -3.32. The van der Waals surface area contributed by atoms with Crippen LogP contribution in [-0.4, -0.2) is 41.8 Å². The molecule has 3 N–H and O–H groups in total. The third-order valence-corrected chi connectivity index (χ3v) is 8.21. The van der Waals surface area contributed by atoms with Crippen molar-refractivity contribution in [2.24, 2.45) is 17.8 Å². The Morgan fingerprint density at radius 1 is 0.864 bits per heavy atom. The summed E-state index contributed by atoms with van der Waals surface area (Å²) in [5.41, 5.74) is 3.03. The molecule has 0 aliphatic heterocycles. The van der Waals surface area contributed by atoms with Gasteiger partial charge in [-0.3, -0.25) is 19.6 Å². The van der Waals surface area contributed by atoms with E-state index in [1.807, 2.05) is 56.3 Å². The molecular weight excluding hydrogens is 595 g/mol. The molecule has 3 aromatic carbocycles. The van der Waals surface area contributed by atoms with Crippen LogP contribution in [0.15, 0.2) is 94.4 Å². The average molecular weight is 629 g/mol. The molecule has 3 atom stereocenters. The molecule has 0 radical (unpaired) electrons. The minimum absolute atomic E-state index is 0. The number of Topliss-reactive ketones (excluding diaryl/α,β-unsaturated/α-hetero) is 1. The second kappa shape index (κ2) is 15.6. The fourth-order valence-electron chi connectivity index (χ4n) is 5.28. The summed E-state index contributed by atoms with van der Waals surface area (Å²) in [4.78, 5) is 40.1. The molecule has 0 saturated carbocycles. The molecule has 0 fully saturated rings. The second-order valence-electron chi connectivity index (χ2n) is 10.9. The van der Waals surface area contributed by atoms with E-state index in [0.717, 1.165) is 28.5 Å². The minimum atomic E-state index is -4.66. The molecule has 4 aromatic rings. The molecule has 1 aromatic heterocycles. The molecule has 1 unspecified atom stereocenters. The predicted molar refractivity (Wildman–Crippen MR) is 157 cm³/mol. The Morgan fingerprint density at radius 3 is 2.16 bits per heavy atom. The van der Waals surface area contributed by atoms with E-state index < -0.39 is 50.5 Å². The van der Waals surface area contributed by atoms with Crippen molar-refractivity contribution >= 4 is 38.5 Å². The largest absolute Gasteiger partial charge is 1.00 e. The second-order valence-corrected chi connectivity index (χ2v) is 12.2. The summed E-state index contributed by atoms with van der Waals surface area (Å²) in [6.45, 7) is 3.81. The first-order chi connectivity index (χ1) is 20.5. The average Bonchev–Trinajstić information content (AvgIpc) is 3.53. The van der Waals surface area contributed by atoms with Crippen molar-refractivity contribution in [2.45, 2.75) is 44.0 Å². The zero-order chi connectivity index (χ0) is 31.1. The van der Waals surface area contributed by atoms with Gasteiger partial charge in [0.2, 0.25) is 17.6 Å². The Balaban J connectivity index is 0.00000529. The maximum absolute atomic E-state index is 14.0. The minimum Gasteiger partial charge on any atom is -0.744 e. The van der Waals surface area contributed by atoms with Crippen molar-refractivity contribution in [3.8, 4) is 0 Å². The SMILES string of the molecule is CC(C)C[C@@H](C(=O)N[C@@H](Cc1ccc(S(=O)(=O)[O-])cc1)C(=O)c1ccco1)C(Cc1cccc2ccccc12)C(=O)NO.[Na+]. The van der Waals surface area contributed by atoms with Crippen molar-refractivity contribution in [1.82, 2.24) is 10.8 Å². The van der Waals surface area contributed by atoms with Gasteiger partial charge in [-0.05, 0) is 64.9 Å². The number of nitrogens with one attached hydrogen (secondary N) is 2. The molecule has 0 bridgehead atoms. The Labute approximate surface area is 278 Å². The van der Waals surface area contributed by atoms with Crippen molar-refractivity contribution in [2.75, 3.05) is 0 Å². The van der Waals surface area contributed by atoms with Gasteiger partial charge in [0, 0.05) is 6.42 Å². The Morgan fingerprint density at radius 2 is 1.55 bits per heavy atom. The molecule has 0 aliphatic rings. The van der Waals surface area contributed by atoms with Gasteiger partial charge in [-0.1, -0.05) is 68.4 Å². The van der Waals surface area contributed by atoms with Crippen molar-refractivity contribution in [3.05, 3.63) is 102 Å². The van der Waals surface area contributed by atoms with Gasteiger partial charge in [-0.15, -0.1) is 0 Å². The molecule has 0 saturated heterocycles. The number of rotatable bonds is 13. The number of carbonyl (C=O) groups excluding carboxylic acids is 3. The molecular formula is C32H33N2NaO8S. The van der Waals surface area contributed by atoms with Crippen LogP contribution in [0, 0.1) is 17.8 Å². The third kappa shape index (κ3) is 8.87. The molecule has 44 heavy (non-hydrogen) atoms. The van der Waals surface area contributed by atoms with Gasteiger partial charge in [-0.2, -0.15) is 0 Å². The van der Waals surface area contributed by atoms with Gasteiger partial charge >= 0.3 is 29.6 Å². The van der Waals surface area contributed by atoms with Crippen LogP contribution < -0.4 is 40.4 Å². The summed E-state index contributed by atoms with van der Waals surface area (Å²) in [6.07, 6.45) is 1.72. The fraction of sp³-hybridized carbons (Fsp3) is 0.281. The number of fused-ring (bicyclic) bond motifs is 1. The molecule has 1 heterocycles. The molecule has 12 heteroatoms. The Kier molecular flexibility index (Phi) is 12.5. The Bertz CT molecular complexity index is 1680. The maximum Gasteiger partial charge on any atom is 1.00 e. The first-order valence-corrected chi connectivity index (χ1v) is 15.2.